The fourth-order valence-electron chi connectivity index (χ4n) is 4.62. The maximum absolute atomic E-state index is 13.5. The second-order valence-corrected chi connectivity index (χ2v) is 9.41. The molecule has 0 atom stereocenters. The molecule has 6 nitrogen and oxygen atoms in total. The molecule has 0 aliphatic rings. The number of rotatable bonds is 13. The summed E-state index contributed by atoms with van der Waals surface area (Å²) < 4.78 is 2.07. The molecule has 1 N–H and O–H groups in total. The normalized spacial score (nSPS) is 11.4. The van der Waals surface area contributed by atoms with Crippen molar-refractivity contribution in [2.24, 2.45) is 5.92 Å². The molecule has 0 saturated carbocycles. The van der Waals surface area contributed by atoms with Crippen LogP contribution in [0.3, 0.4) is 0 Å². The molecule has 0 spiro atoms. The first-order chi connectivity index (χ1) is 17.0. The Morgan fingerprint density at radius 2 is 1.63 bits per heavy atom. The lowest BCUT2D eigenvalue weighted by atomic mass is 10.0. The molecule has 1 aromatic heterocycles. The quantitative estimate of drug-likeness (QED) is 0.320. The highest BCUT2D eigenvalue weighted by atomic mass is 16.2. The van der Waals surface area contributed by atoms with Crippen LogP contribution in [0.1, 0.15) is 65.6 Å². The summed E-state index contributed by atoms with van der Waals surface area (Å²) in [6.45, 7) is 9.17. The van der Waals surface area contributed by atoms with Crippen molar-refractivity contribution in [2.45, 2.75) is 78.8 Å². The molecule has 0 radical (unpaired) electrons. The fraction of sp³-hybridized carbons (Fsp3) is 0.483. The van der Waals surface area contributed by atoms with Gasteiger partial charge in [0.05, 0.1) is 11.0 Å². The van der Waals surface area contributed by atoms with Gasteiger partial charge in [0.1, 0.15) is 12.4 Å². The van der Waals surface area contributed by atoms with E-state index in [2.05, 4.69) is 23.7 Å². The summed E-state index contributed by atoms with van der Waals surface area (Å²) in [5.41, 5.74) is 2.82. The monoisotopic (exact) mass is 476 g/mol. The van der Waals surface area contributed by atoms with Gasteiger partial charge in [-0.05, 0) is 63.8 Å². The third-order valence-electron chi connectivity index (χ3n) is 6.58. The minimum absolute atomic E-state index is 0.0540. The number of amides is 2. The van der Waals surface area contributed by atoms with Crippen molar-refractivity contribution >= 4 is 28.5 Å². The van der Waals surface area contributed by atoms with Crippen molar-refractivity contribution in [3.8, 4) is 0 Å². The predicted molar refractivity (Wildman–Crippen MR) is 143 cm³/mol. The smallest absolute Gasteiger partial charge is 0.247 e. The maximum Gasteiger partial charge on any atom is 0.247 e. The number of aromatic nitrogens is 2. The van der Waals surface area contributed by atoms with Crippen LogP contribution in [0.2, 0.25) is 0 Å². The van der Waals surface area contributed by atoms with Crippen LogP contribution in [0.5, 0.6) is 0 Å². The largest absolute Gasteiger partial charge is 0.356 e. The third kappa shape index (κ3) is 6.93. The fourth-order valence-corrected chi connectivity index (χ4v) is 4.62. The second kappa shape index (κ2) is 13.1. The van der Waals surface area contributed by atoms with E-state index < -0.39 is 0 Å². The molecule has 0 aliphatic heterocycles. The number of imidazole rings is 1. The second-order valence-electron chi connectivity index (χ2n) is 9.41. The van der Waals surface area contributed by atoms with E-state index in [1.807, 2.05) is 73.3 Å². The minimum Gasteiger partial charge on any atom is -0.356 e. The minimum atomic E-state index is 0.0540. The lowest BCUT2D eigenvalue weighted by molar-refractivity contribution is -0.125. The first kappa shape index (κ1) is 26.5. The van der Waals surface area contributed by atoms with Crippen molar-refractivity contribution in [1.82, 2.24) is 14.9 Å². The highest BCUT2D eigenvalue weighted by Crippen LogP contribution is 2.21. The molecule has 2 amide bonds. The first-order valence-corrected chi connectivity index (χ1v) is 13.0. The van der Waals surface area contributed by atoms with Gasteiger partial charge in [0.2, 0.25) is 11.8 Å². The Morgan fingerprint density at radius 1 is 0.943 bits per heavy atom. The molecule has 3 aromatic rings. The van der Waals surface area contributed by atoms with Crippen molar-refractivity contribution in [1.29, 1.82) is 0 Å². The van der Waals surface area contributed by atoms with E-state index >= 15 is 0 Å². The SMILES string of the molecule is CCC(CC)C(=O)NCCCCCc1nc2ccccc2n1CC(=O)N(c1ccccc1)C(C)C. The van der Waals surface area contributed by atoms with Crippen LogP contribution >= 0.6 is 0 Å². The Morgan fingerprint density at radius 3 is 2.31 bits per heavy atom. The number of unbranched alkanes of at least 4 members (excludes halogenated alkanes) is 2. The van der Waals surface area contributed by atoms with Crippen molar-refractivity contribution in [3.05, 3.63) is 60.4 Å². The third-order valence-corrected chi connectivity index (χ3v) is 6.58. The summed E-state index contributed by atoms with van der Waals surface area (Å²) in [6.07, 6.45) is 5.48. The Balaban J connectivity index is 1.65. The van der Waals surface area contributed by atoms with Gasteiger partial charge >= 0.3 is 0 Å². The number of carbonyl (C=O) groups is 2. The summed E-state index contributed by atoms with van der Waals surface area (Å²) in [5, 5.41) is 3.07. The standard InChI is InChI=1S/C29H40N4O2/c1-5-23(6-2)29(35)30-20-14-8-11-19-27-31-25-17-12-13-18-26(25)32(27)21-28(34)33(22(3)4)24-15-9-7-10-16-24/h7,9-10,12-13,15-18,22-23H,5-6,8,11,14,19-21H2,1-4H3,(H,30,35). The number of benzene rings is 2. The number of anilines is 1. The molecular weight excluding hydrogens is 436 g/mol. The number of carbonyl (C=O) groups excluding carboxylic acids is 2. The number of nitrogens with one attached hydrogen (secondary N) is 1. The van der Waals surface area contributed by atoms with E-state index in [1.165, 1.54) is 0 Å². The summed E-state index contributed by atoms with van der Waals surface area (Å²) >= 11 is 0. The zero-order valence-electron chi connectivity index (χ0n) is 21.7. The molecule has 1 heterocycles. The van der Waals surface area contributed by atoms with Gasteiger partial charge in [0, 0.05) is 30.6 Å². The van der Waals surface area contributed by atoms with Gasteiger partial charge in [-0.2, -0.15) is 0 Å². The van der Waals surface area contributed by atoms with Crippen molar-refractivity contribution in [3.63, 3.8) is 0 Å². The highest BCUT2D eigenvalue weighted by molar-refractivity contribution is 5.94. The van der Waals surface area contributed by atoms with Crippen LogP contribution < -0.4 is 10.2 Å². The zero-order valence-corrected chi connectivity index (χ0v) is 21.7. The predicted octanol–water partition coefficient (Wildman–Crippen LogP) is 5.74. The van der Waals surface area contributed by atoms with Gasteiger partial charge in [0.15, 0.2) is 0 Å². The van der Waals surface area contributed by atoms with Gasteiger partial charge in [-0.25, -0.2) is 4.98 Å². The van der Waals surface area contributed by atoms with E-state index in [0.717, 1.165) is 61.1 Å². The lowest BCUT2D eigenvalue weighted by Gasteiger charge is -2.27. The van der Waals surface area contributed by atoms with Gasteiger partial charge in [-0.3, -0.25) is 9.59 Å². The first-order valence-electron chi connectivity index (χ1n) is 13.0. The van der Waals surface area contributed by atoms with Gasteiger partial charge < -0.3 is 14.8 Å². The lowest BCUT2D eigenvalue weighted by Crippen LogP contribution is -2.39. The Kier molecular flexibility index (Phi) is 9.88. The molecule has 188 valence electrons. The Bertz CT molecular complexity index is 1090. The van der Waals surface area contributed by atoms with Crippen LogP contribution in [-0.4, -0.2) is 34.0 Å². The molecule has 0 unspecified atom stereocenters. The number of fused-ring (bicyclic) bond motifs is 1. The maximum atomic E-state index is 13.5. The molecule has 2 aromatic carbocycles. The molecule has 0 aliphatic carbocycles. The average molecular weight is 477 g/mol. The molecule has 6 heteroatoms. The number of nitrogens with zero attached hydrogens (tertiary/aromatic N) is 3. The van der Waals surface area contributed by atoms with E-state index in [9.17, 15) is 9.59 Å². The number of para-hydroxylation sites is 3. The highest BCUT2D eigenvalue weighted by Gasteiger charge is 2.21. The molecule has 0 saturated heterocycles. The van der Waals surface area contributed by atoms with E-state index in [0.29, 0.717) is 6.54 Å². The van der Waals surface area contributed by atoms with Crippen LogP contribution in [0.4, 0.5) is 5.69 Å². The van der Waals surface area contributed by atoms with E-state index in [1.54, 1.807) is 0 Å². The topological polar surface area (TPSA) is 67.2 Å². The van der Waals surface area contributed by atoms with Gasteiger partial charge in [0.25, 0.3) is 0 Å². The Labute approximate surface area is 209 Å². The summed E-state index contributed by atoms with van der Waals surface area (Å²) in [5.74, 6) is 1.29. The van der Waals surface area contributed by atoms with Crippen LogP contribution in [0, 0.1) is 5.92 Å². The molecular formula is C29H40N4O2. The van der Waals surface area contributed by atoms with Crippen molar-refractivity contribution < 1.29 is 9.59 Å². The molecule has 0 bridgehead atoms. The zero-order chi connectivity index (χ0) is 25.2. The summed E-state index contributed by atoms with van der Waals surface area (Å²) in [6, 6.07) is 17.9. The number of aryl methyl sites for hydroxylation is 1. The van der Waals surface area contributed by atoms with Gasteiger partial charge in [-0.15, -0.1) is 0 Å². The van der Waals surface area contributed by atoms with Crippen LogP contribution in [0.25, 0.3) is 11.0 Å². The molecule has 3 rings (SSSR count). The number of hydrogen-bond acceptors (Lipinski definition) is 3. The Hall–Kier alpha value is -3.15. The average Bonchev–Trinajstić information content (AvgIpc) is 3.19. The van der Waals surface area contributed by atoms with E-state index in [-0.39, 0.29) is 30.3 Å². The van der Waals surface area contributed by atoms with Crippen LogP contribution in [-0.2, 0) is 22.6 Å². The summed E-state index contributed by atoms with van der Waals surface area (Å²) in [4.78, 5) is 32.3. The van der Waals surface area contributed by atoms with Crippen LogP contribution in [0.15, 0.2) is 54.6 Å². The van der Waals surface area contributed by atoms with E-state index in [4.69, 9.17) is 4.98 Å². The van der Waals surface area contributed by atoms with Crippen molar-refractivity contribution in [2.75, 3.05) is 11.4 Å². The summed E-state index contributed by atoms with van der Waals surface area (Å²) in [7, 11) is 0. The number of hydrogen-bond donors (Lipinski definition) is 1. The van der Waals surface area contributed by atoms with Gasteiger partial charge in [-0.1, -0.05) is 50.6 Å². The molecule has 35 heavy (non-hydrogen) atoms. The molecule has 0 fully saturated rings.